The number of fused-ring (bicyclic) bond motifs is 1. The Kier molecular flexibility index (Phi) is 7.01. The number of carboxylic acid groups (broad SMARTS) is 1. The van der Waals surface area contributed by atoms with Crippen LogP contribution in [0.4, 0.5) is 10.2 Å². The van der Waals surface area contributed by atoms with E-state index in [9.17, 15) is 22.4 Å². The van der Waals surface area contributed by atoms with Crippen LogP contribution in [0.3, 0.4) is 0 Å². The highest BCUT2D eigenvalue weighted by Crippen LogP contribution is 2.36. The standard InChI is InChI=1S/C22H24FN3O6S/c1-4-26(33(3,30)31)20-14(6-5-7-17(27)28)12-16-18(21(29)24-2)19(32-22(16)25-20)13-8-10-15(23)11-9-13/h8-12H,4-7H2,1-3H3,(H,24,29)(H,27,28). The van der Waals surface area contributed by atoms with Gasteiger partial charge >= 0.3 is 5.97 Å². The summed E-state index contributed by atoms with van der Waals surface area (Å²) in [4.78, 5) is 28.2. The van der Waals surface area contributed by atoms with Crippen molar-refractivity contribution in [3.63, 3.8) is 0 Å². The summed E-state index contributed by atoms with van der Waals surface area (Å²) in [5, 5.41) is 11.9. The third-order valence-electron chi connectivity index (χ3n) is 5.06. The largest absolute Gasteiger partial charge is 0.481 e. The number of carbonyl (C=O) groups excluding carboxylic acids is 1. The van der Waals surface area contributed by atoms with Gasteiger partial charge < -0.3 is 14.8 Å². The molecule has 3 rings (SSSR count). The molecule has 0 spiro atoms. The zero-order chi connectivity index (χ0) is 24.3. The van der Waals surface area contributed by atoms with Gasteiger partial charge in [0.2, 0.25) is 15.7 Å². The number of aliphatic carboxylic acids is 1. The minimum atomic E-state index is -3.69. The summed E-state index contributed by atoms with van der Waals surface area (Å²) in [5.41, 5.74) is 1.11. The van der Waals surface area contributed by atoms with E-state index in [1.165, 1.54) is 31.3 Å². The zero-order valence-corrected chi connectivity index (χ0v) is 19.2. The Labute approximate surface area is 190 Å². The van der Waals surface area contributed by atoms with Crippen molar-refractivity contribution in [1.29, 1.82) is 0 Å². The van der Waals surface area contributed by atoms with Crippen molar-refractivity contribution in [3.8, 4) is 11.3 Å². The Morgan fingerprint density at radius 3 is 2.45 bits per heavy atom. The quantitative estimate of drug-likeness (QED) is 0.484. The number of amides is 1. The number of aryl methyl sites for hydroxylation is 1. The number of carboxylic acids is 1. The molecule has 0 saturated heterocycles. The van der Waals surface area contributed by atoms with Crippen LogP contribution in [0.2, 0.25) is 0 Å². The number of pyridine rings is 1. The van der Waals surface area contributed by atoms with Crippen LogP contribution in [0.25, 0.3) is 22.4 Å². The van der Waals surface area contributed by atoms with Crippen LogP contribution >= 0.6 is 0 Å². The predicted octanol–water partition coefficient (Wildman–Crippen LogP) is 3.19. The number of aromatic nitrogens is 1. The van der Waals surface area contributed by atoms with E-state index < -0.39 is 27.7 Å². The average Bonchev–Trinajstić information content (AvgIpc) is 3.11. The molecule has 2 aromatic heterocycles. The number of hydrogen-bond acceptors (Lipinski definition) is 6. The molecule has 0 unspecified atom stereocenters. The Bertz CT molecular complexity index is 1300. The molecule has 1 aromatic carbocycles. The van der Waals surface area contributed by atoms with Crippen molar-refractivity contribution in [2.75, 3.05) is 24.2 Å². The van der Waals surface area contributed by atoms with Gasteiger partial charge in [0.25, 0.3) is 5.91 Å². The molecule has 0 radical (unpaired) electrons. The van der Waals surface area contributed by atoms with E-state index in [1.54, 1.807) is 13.0 Å². The van der Waals surface area contributed by atoms with Gasteiger partial charge in [0, 0.05) is 25.6 Å². The summed E-state index contributed by atoms with van der Waals surface area (Å²) in [6, 6.07) is 6.99. The summed E-state index contributed by atoms with van der Waals surface area (Å²) in [6.45, 7) is 1.74. The predicted molar refractivity (Wildman–Crippen MR) is 121 cm³/mol. The monoisotopic (exact) mass is 477 g/mol. The van der Waals surface area contributed by atoms with E-state index in [0.29, 0.717) is 16.5 Å². The first kappa shape index (κ1) is 24.2. The van der Waals surface area contributed by atoms with Crippen molar-refractivity contribution in [1.82, 2.24) is 10.3 Å². The fourth-order valence-electron chi connectivity index (χ4n) is 3.58. The summed E-state index contributed by atoms with van der Waals surface area (Å²) < 4.78 is 45.2. The Balaban J connectivity index is 2.29. The molecule has 0 aliphatic rings. The molecule has 0 aliphatic carbocycles. The second-order valence-electron chi connectivity index (χ2n) is 7.39. The Morgan fingerprint density at radius 1 is 1.24 bits per heavy atom. The number of furan rings is 1. The zero-order valence-electron chi connectivity index (χ0n) is 18.4. The fourth-order valence-corrected chi connectivity index (χ4v) is 4.52. The van der Waals surface area contributed by atoms with E-state index in [4.69, 9.17) is 9.52 Å². The van der Waals surface area contributed by atoms with E-state index in [-0.39, 0.29) is 48.7 Å². The van der Waals surface area contributed by atoms with Gasteiger partial charge in [-0.15, -0.1) is 0 Å². The van der Waals surface area contributed by atoms with Crippen LogP contribution < -0.4 is 9.62 Å². The average molecular weight is 478 g/mol. The molecule has 0 aliphatic heterocycles. The van der Waals surface area contributed by atoms with Crippen molar-refractivity contribution in [2.45, 2.75) is 26.2 Å². The lowest BCUT2D eigenvalue weighted by Crippen LogP contribution is -2.31. The molecule has 33 heavy (non-hydrogen) atoms. The minimum Gasteiger partial charge on any atom is -0.481 e. The highest BCUT2D eigenvalue weighted by atomic mass is 32.2. The molecule has 176 valence electrons. The van der Waals surface area contributed by atoms with Gasteiger partial charge in [-0.2, -0.15) is 4.98 Å². The maximum atomic E-state index is 13.4. The highest BCUT2D eigenvalue weighted by molar-refractivity contribution is 7.92. The topological polar surface area (TPSA) is 130 Å². The van der Waals surface area contributed by atoms with Gasteiger partial charge in [-0.1, -0.05) is 0 Å². The number of nitrogens with zero attached hydrogens (tertiary/aromatic N) is 2. The van der Waals surface area contributed by atoms with Gasteiger partial charge in [-0.05, 0) is 55.7 Å². The van der Waals surface area contributed by atoms with Gasteiger partial charge in [0.15, 0.2) is 0 Å². The highest BCUT2D eigenvalue weighted by Gasteiger charge is 2.27. The van der Waals surface area contributed by atoms with E-state index in [0.717, 1.165) is 10.6 Å². The van der Waals surface area contributed by atoms with Crippen LogP contribution in [0, 0.1) is 5.82 Å². The second-order valence-corrected chi connectivity index (χ2v) is 9.30. The summed E-state index contributed by atoms with van der Waals surface area (Å²) in [5.74, 6) is -1.62. The Hall–Kier alpha value is -3.47. The lowest BCUT2D eigenvalue weighted by Gasteiger charge is -2.22. The van der Waals surface area contributed by atoms with Crippen molar-refractivity contribution < 1.29 is 31.9 Å². The maximum absolute atomic E-state index is 13.4. The molecule has 0 fully saturated rings. The summed E-state index contributed by atoms with van der Waals surface area (Å²) in [6.07, 6.45) is 1.40. The number of rotatable bonds is 9. The molecular formula is C22H24FN3O6S. The normalized spacial score (nSPS) is 11.5. The molecule has 11 heteroatoms. The number of halogens is 1. The molecular weight excluding hydrogens is 453 g/mol. The number of carbonyl (C=O) groups is 2. The SMILES string of the molecule is CCN(c1nc2oc(-c3ccc(F)cc3)c(C(=O)NC)c2cc1CCCC(=O)O)S(C)(=O)=O. The first-order valence-corrected chi connectivity index (χ1v) is 12.1. The molecule has 3 aromatic rings. The van der Waals surface area contributed by atoms with Crippen molar-refractivity contribution in [2.24, 2.45) is 0 Å². The number of benzene rings is 1. The van der Waals surface area contributed by atoms with Crippen LogP contribution in [-0.2, 0) is 21.2 Å². The smallest absolute Gasteiger partial charge is 0.303 e. The maximum Gasteiger partial charge on any atom is 0.303 e. The van der Waals surface area contributed by atoms with E-state index in [2.05, 4.69) is 10.3 Å². The number of sulfonamides is 1. The lowest BCUT2D eigenvalue weighted by molar-refractivity contribution is -0.137. The van der Waals surface area contributed by atoms with Gasteiger partial charge in [-0.25, -0.2) is 12.8 Å². The number of anilines is 1. The van der Waals surface area contributed by atoms with Gasteiger partial charge in [0.05, 0.1) is 17.2 Å². The van der Waals surface area contributed by atoms with Crippen LogP contribution in [0.5, 0.6) is 0 Å². The minimum absolute atomic E-state index is 0.0343. The molecule has 0 saturated carbocycles. The van der Waals surface area contributed by atoms with Crippen LogP contribution in [-0.4, -0.2) is 50.2 Å². The van der Waals surface area contributed by atoms with Crippen molar-refractivity contribution >= 4 is 38.8 Å². The summed E-state index contributed by atoms with van der Waals surface area (Å²) in [7, 11) is -2.24. The molecule has 2 N–H and O–H groups in total. The Morgan fingerprint density at radius 2 is 1.91 bits per heavy atom. The molecule has 9 nitrogen and oxygen atoms in total. The van der Waals surface area contributed by atoms with Crippen molar-refractivity contribution in [3.05, 3.63) is 47.3 Å². The van der Waals surface area contributed by atoms with Gasteiger partial charge in [-0.3, -0.25) is 13.9 Å². The molecule has 0 atom stereocenters. The molecule has 0 bridgehead atoms. The van der Waals surface area contributed by atoms with Crippen LogP contribution in [0.1, 0.15) is 35.7 Å². The lowest BCUT2D eigenvalue weighted by atomic mass is 10.0. The first-order valence-electron chi connectivity index (χ1n) is 10.2. The third kappa shape index (κ3) is 5.14. The van der Waals surface area contributed by atoms with E-state index in [1.807, 2.05) is 0 Å². The van der Waals surface area contributed by atoms with E-state index >= 15 is 0 Å². The van der Waals surface area contributed by atoms with Gasteiger partial charge in [0.1, 0.15) is 17.4 Å². The molecule has 2 heterocycles. The second kappa shape index (κ2) is 9.57. The summed E-state index contributed by atoms with van der Waals surface area (Å²) >= 11 is 0. The molecule has 1 amide bonds. The fraction of sp³-hybridized carbons (Fsp3) is 0.318. The first-order chi connectivity index (χ1) is 15.6. The third-order valence-corrected chi connectivity index (χ3v) is 6.29. The number of nitrogens with one attached hydrogen (secondary N) is 1. The van der Waals surface area contributed by atoms with Crippen LogP contribution in [0.15, 0.2) is 34.7 Å². The number of hydrogen-bond donors (Lipinski definition) is 2.